The van der Waals surface area contributed by atoms with E-state index in [2.05, 4.69) is 21.2 Å². The summed E-state index contributed by atoms with van der Waals surface area (Å²) in [5.74, 6) is 0.0199. The van der Waals surface area contributed by atoms with E-state index in [1.807, 2.05) is 0 Å². The normalized spacial score (nSPS) is 22.9. The van der Waals surface area contributed by atoms with Crippen LogP contribution in [0.1, 0.15) is 29.6 Å². The molecule has 2 atom stereocenters. The Hall–Kier alpha value is -1.23. The summed E-state index contributed by atoms with van der Waals surface area (Å²) in [5.41, 5.74) is 0.279. The molecule has 0 saturated heterocycles. The SMILES string of the molecule is O=C(NCC1CCC(Br)C1)c1cc(O)cc(O)c1. The van der Waals surface area contributed by atoms with Gasteiger partial charge in [0.25, 0.3) is 5.91 Å². The van der Waals surface area contributed by atoms with Crippen molar-refractivity contribution in [3.05, 3.63) is 23.8 Å². The summed E-state index contributed by atoms with van der Waals surface area (Å²) >= 11 is 3.57. The van der Waals surface area contributed by atoms with Crippen molar-refractivity contribution in [1.29, 1.82) is 0 Å². The van der Waals surface area contributed by atoms with Crippen LogP contribution >= 0.6 is 15.9 Å². The fourth-order valence-corrected chi connectivity index (χ4v) is 3.06. The summed E-state index contributed by atoms with van der Waals surface area (Å²) in [6.07, 6.45) is 3.33. The summed E-state index contributed by atoms with van der Waals surface area (Å²) < 4.78 is 0. The molecule has 1 aliphatic carbocycles. The van der Waals surface area contributed by atoms with E-state index in [0.29, 0.717) is 17.3 Å². The van der Waals surface area contributed by atoms with Crippen molar-refractivity contribution >= 4 is 21.8 Å². The van der Waals surface area contributed by atoms with Crippen LogP contribution in [-0.4, -0.2) is 27.5 Å². The van der Waals surface area contributed by atoms with Gasteiger partial charge in [0, 0.05) is 23.0 Å². The number of hydrogen-bond donors (Lipinski definition) is 3. The van der Waals surface area contributed by atoms with Gasteiger partial charge >= 0.3 is 0 Å². The van der Waals surface area contributed by atoms with Crippen molar-refractivity contribution in [3.63, 3.8) is 0 Å². The van der Waals surface area contributed by atoms with Gasteiger partial charge in [-0.15, -0.1) is 0 Å². The zero-order valence-electron chi connectivity index (χ0n) is 9.90. The van der Waals surface area contributed by atoms with Crippen molar-refractivity contribution in [2.24, 2.45) is 5.92 Å². The van der Waals surface area contributed by atoms with Crippen LogP contribution in [0.2, 0.25) is 0 Å². The van der Waals surface area contributed by atoms with Gasteiger partial charge in [0.05, 0.1) is 0 Å². The largest absolute Gasteiger partial charge is 0.508 e. The summed E-state index contributed by atoms with van der Waals surface area (Å²) in [7, 11) is 0. The highest BCUT2D eigenvalue weighted by molar-refractivity contribution is 9.09. The first-order valence-electron chi connectivity index (χ1n) is 6.00. The molecule has 0 radical (unpaired) electrons. The number of halogens is 1. The second-order valence-corrected chi connectivity index (χ2v) is 6.02. The van der Waals surface area contributed by atoms with Gasteiger partial charge in [0.15, 0.2) is 0 Å². The predicted octanol–water partition coefficient (Wildman–Crippen LogP) is 2.39. The van der Waals surface area contributed by atoms with Gasteiger partial charge in [-0.3, -0.25) is 4.79 Å². The molecule has 5 heteroatoms. The zero-order chi connectivity index (χ0) is 13.1. The monoisotopic (exact) mass is 313 g/mol. The van der Waals surface area contributed by atoms with E-state index >= 15 is 0 Å². The molecule has 1 aromatic carbocycles. The fourth-order valence-electron chi connectivity index (χ4n) is 2.26. The van der Waals surface area contributed by atoms with E-state index in [1.54, 1.807) is 0 Å². The van der Waals surface area contributed by atoms with E-state index in [4.69, 9.17) is 0 Å². The van der Waals surface area contributed by atoms with E-state index in [9.17, 15) is 15.0 Å². The molecule has 1 aliphatic rings. The average Bonchev–Trinajstić information content (AvgIpc) is 2.70. The molecule has 98 valence electrons. The first-order chi connectivity index (χ1) is 8.54. The Morgan fingerprint density at radius 3 is 2.50 bits per heavy atom. The lowest BCUT2D eigenvalue weighted by molar-refractivity contribution is 0.0946. The Labute approximate surface area is 114 Å². The van der Waals surface area contributed by atoms with E-state index in [0.717, 1.165) is 19.3 Å². The molecule has 0 heterocycles. The molecule has 0 spiro atoms. The number of hydrogen-bond acceptors (Lipinski definition) is 3. The highest BCUT2D eigenvalue weighted by Gasteiger charge is 2.22. The average molecular weight is 314 g/mol. The third-order valence-corrected chi connectivity index (χ3v) is 4.02. The summed E-state index contributed by atoms with van der Waals surface area (Å²) in [6, 6.07) is 3.89. The standard InChI is InChI=1S/C13H16BrNO3/c14-10-2-1-8(3-10)7-15-13(18)9-4-11(16)6-12(17)5-9/h4-6,8,10,16-17H,1-3,7H2,(H,15,18). The lowest BCUT2D eigenvalue weighted by atomic mass is 10.1. The minimum atomic E-state index is -0.265. The lowest BCUT2D eigenvalue weighted by Gasteiger charge is -2.11. The minimum absolute atomic E-state index is 0.110. The maximum Gasteiger partial charge on any atom is 0.251 e. The van der Waals surface area contributed by atoms with Gasteiger partial charge in [-0.2, -0.15) is 0 Å². The Morgan fingerprint density at radius 2 is 1.94 bits per heavy atom. The quantitative estimate of drug-likeness (QED) is 0.750. The number of nitrogens with one attached hydrogen (secondary N) is 1. The van der Waals surface area contributed by atoms with E-state index in [1.165, 1.54) is 18.2 Å². The van der Waals surface area contributed by atoms with Gasteiger partial charge in [0.1, 0.15) is 11.5 Å². The molecular weight excluding hydrogens is 298 g/mol. The third-order valence-electron chi connectivity index (χ3n) is 3.19. The molecule has 2 rings (SSSR count). The number of rotatable bonds is 3. The number of carbonyl (C=O) groups is 1. The van der Waals surface area contributed by atoms with Crippen molar-refractivity contribution in [2.75, 3.05) is 6.54 Å². The van der Waals surface area contributed by atoms with Crippen LogP contribution < -0.4 is 5.32 Å². The number of alkyl halides is 1. The van der Waals surface area contributed by atoms with Crippen LogP contribution in [-0.2, 0) is 0 Å². The van der Waals surface area contributed by atoms with Crippen LogP contribution in [0, 0.1) is 5.92 Å². The topological polar surface area (TPSA) is 69.6 Å². The van der Waals surface area contributed by atoms with Gasteiger partial charge in [-0.25, -0.2) is 0 Å². The van der Waals surface area contributed by atoms with E-state index < -0.39 is 0 Å². The van der Waals surface area contributed by atoms with E-state index in [-0.39, 0.29) is 23.0 Å². The Balaban J connectivity index is 1.91. The van der Waals surface area contributed by atoms with Crippen molar-refractivity contribution in [2.45, 2.75) is 24.1 Å². The molecule has 0 aliphatic heterocycles. The van der Waals surface area contributed by atoms with Crippen molar-refractivity contribution in [3.8, 4) is 11.5 Å². The predicted molar refractivity (Wildman–Crippen MR) is 72.2 cm³/mol. The summed E-state index contributed by atoms with van der Waals surface area (Å²) in [6.45, 7) is 0.636. The summed E-state index contributed by atoms with van der Waals surface area (Å²) in [5, 5.41) is 21.5. The first kappa shape index (κ1) is 13.2. The zero-order valence-corrected chi connectivity index (χ0v) is 11.5. The first-order valence-corrected chi connectivity index (χ1v) is 6.91. The van der Waals surface area contributed by atoms with Crippen molar-refractivity contribution < 1.29 is 15.0 Å². The minimum Gasteiger partial charge on any atom is -0.508 e. The second-order valence-electron chi connectivity index (χ2n) is 4.72. The number of carbonyl (C=O) groups excluding carboxylic acids is 1. The van der Waals surface area contributed by atoms with Crippen LogP contribution in [0.3, 0.4) is 0 Å². The molecule has 18 heavy (non-hydrogen) atoms. The third kappa shape index (κ3) is 3.38. The number of benzene rings is 1. The van der Waals surface area contributed by atoms with Crippen LogP contribution in [0.5, 0.6) is 11.5 Å². The molecule has 1 amide bonds. The van der Waals surface area contributed by atoms with Gasteiger partial charge in [0.2, 0.25) is 0 Å². The Bertz CT molecular complexity index is 430. The van der Waals surface area contributed by atoms with Crippen LogP contribution in [0.15, 0.2) is 18.2 Å². The highest BCUT2D eigenvalue weighted by Crippen LogP contribution is 2.30. The lowest BCUT2D eigenvalue weighted by Crippen LogP contribution is -2.28. The smallest absolute Gasteiger partial charge is 0.251 e. The number of amides is 1. The molecule has 0 aromatic heterocycles. The molecule has 1 fully saturated rings. The maximum atomic E-state index is 11.8. The summed E-state index contributed by atoms with van der Waals surface area (Å²) in [4.78, 5) is 12.4. The molecule has 2 unspecified atom stereocenters. The van der Waals surface area contributed by atoms with Gasteiger partial charge in [-0.1, -0.05) is 15.9 Å². The van der Waals surface area contributed by atoms with Gasteiger partial charge in [-0.05, 0) is 37.3 Å². The van der Waals surface area contributed by atoms with Gasteiger partial charge < -0.3 is 15.5 Å². The molecule has 1 saturated carbocycles. The van der Waals surface area contributed by atoms with Crippen molar-refractivity contribution in [1.82, 2.24) is 5.32 Å². The number of phenols is 2. The highest BCUT2D eigenvalue weighted by atomic mass is 79.9. The molecule has 4 nitrogen and oxygen atoms in total. The maximum absolute atomic E-state index is 11.8. The van der Waals surface area contributed by atoms with Crippen LogP contribution in [0.4, 0.5) is 0 Å². The molecular formula is C13H16BrNO3. The fraction of sp³-hybridized carbons (Fsp3) is 0.462. The molecule has 3 N–H and O–H groups in total. The Kier molecular flexibility index (Phi) is 4.11. The Morgan fingerprint density at radius 1 is 1.28 bits per heavy atom. The van der Waals surface area contributed by atoms with Crippen LogP contribution in [0.25, 0.3) is 0 Å². The number of aromatic hydroxyl groups is 2. The second kappa shape index (κ2) is 5.61. The molecule has 1 aromatic rings. The molecule has 0 bridgehead atoms. The number of phenolic OH excluding ortho intramolecular Hbond substituents is 2.